The van der Waals surface area contributed by atoms with E-state index in [-0.39, 0.29) is 18.4 Å². The molecule has 6 heteroatoms. The van der Waals surface area contributed by atoms with Crippen LogP contribution in [0, 0.1) is 11.8 Å². The first-order valence-electron chi connectivity index (χ1n) is 7.97. The summed E-state index contributed by atoms with van der Waals surface area (Å²) in [7, 11) is 0. The van der Waals surface area contributed by atoms with Crippen LogP contribution in [-0.4, -0.2) is 54.9 Å². The van der Waals surface area contributed by atoms with Crippen molar-refractivity contribution in [3.8, 4) is 0 Å². The fourth-order valence-electron chi connectivity index (χ4n) is 2.60. The first kappa shape index (κ1) is 16.1. The highest BCUT2D eigenvalue weighted by Gasteiger charge is 2.24. The quantitative estimate of drug-likeness (QED) is 0.669. The van der Waals surface area contributed by atoms with Crippen LogP contribution in [0.1, 0.15) is 38.5 Å². The Labute approximate surface area is 125 Å². The maximum atomic E-state index is 11.9. The first-order valence-corrected chi connectivity index (χ1v) is 7.97. The average Bonchev–Trinajstić information content (AvgIpc) is 3.26. The van der Waals surface area contributed by atoms with Gasteiger partial charge in [0.1, 0.15) is 0 Å². The Bertz CT molecular complexity index is 350. The van der Waals surface area contributed by atoms with E-state index in [1.54, 1.807) is 4.90 Å². The molecule has 2 N–H and O–H groups in total. The number of carbonyl (C=O) groups is 2. The van der Waals surface area contributed by atoms with Gasteiger partial charge in [0.15, 0.2) is 0 Å². The molecule has 1 heterocycles. The smallest absolute Gasteiger partial charge is 0.317 e. The number of likely N-dealkylation sites (tertiary alicyclic amines) is 1. The lowest BCUT2D eigenvalue weighted by atomic mass is 9.94. The molecule has 6 nitrogen and oxygen atoms in total. The van der Waals surface area contributed by atoms with Crippen LogP contribution in [0.5, 0.6) is 0 Å². The number of hydrogen-bond donors (Lipinski definition) is 2. The van der Waals surface area contributed by atoms with E-state index in [9.17, 15) is 9.59 Å². The highest BCUT2D eigenvalue weighted by Crippen LogP contribution is 2.28. The van der Waals surface area contributed by atoms with Gasteiger partial charge in [-0.3, -0.25) is 4.79 Å². The molecule has 1 aliphatic heterocycles. The summed E-state index contributed by atoms with van der Waals surface area (Å²) in [4.78, 5) is 24.4. The van der Waals surface area contributed by atoms with Gasteiger partial charge in [-0.2, -0.15) is 0 Å². The molecule has 2 amide bonds. The molecule has 2 fully saturated rings. The van der Waals surface area contributed by atoms with Crippen LogP contribution in [0.15, 0.2) is 0 Å². The fraction of sp³-hybridized carbons (Fsp3) is 0.867. The van der Waals surface area contributed by atoms with Gasteiger partial charge in [-0.1, -0.05) is 0 Å². The molecule has 2 aliphatic rings. The van der Waals surface area contributed by atoms with E-state index in [2.05, 4.69) is 5.32 Å². The second-order valence-electron chi connectivity index (χ2n) is 6.13. The SMILES string of the molecule is O=C(O)CC1CCN(C(=O)NCCCOCC2CC2)CC1. The fourth-order valence-corrected chi connectivity index (χ4v) is 2.60. The highest BCUT2D eigenvalue weighted by atomic mass is 16.5. The Morgan fingerprint density at radius 2 is 1.86 bits per heavy atom. The number of carboxylic acid groups (broad SMARTS) is 1. The molecule has 1 saturated carbocycles. The van der Waals surface area contributed by atoms with Gasteiger partial charge in [-0.05, 0) is 43.9 Å². The number of ether oxygens (including phenoxy) is 1. The number of nitrogens with one attached hydrogen (secondary N) is 1. The summed E-state index contributed by atoms with van der Waals surface area (Å²) >= 11 is 0. The zero-order valence-corrected chi connectivity index (χ0v) is 12.6. The van der Waals surface area contributed by atoms with Crippen molar-refractivity contribution < 1.29 is 19.4 Å². The molecule has 0 aromatic heterocycles. The summed E-state index contributed by atoms with van der Waals surface area (Å²) in [6, 6.07) is -0.0361. The average molecular weight is 298 g/mol. The number of urea groups is 1. The summed E-state index contributed by atoms with van der Waals surface area (Å²) in [5.74, 6) is 0.248. The summed E-state index contributed by atoms with van der Waals surface area (Å²) in [6.07, 6.45) is 5.22. The molecule has 0 unspecified atom stereocenters. The first-order chi connectivity index (χ1) is 10.1. The van der Waals surface area contributed by atoms with E-state index in [1.165, 1.54) is 12.8 Å². The number of aliphatic carboxylic acids is 1. The lowest BCUT2D eigenvalue weighted by Gasteiger charge is -2.31. The van der Waals surface area contributed by atoms with E-state index in [0.29, 0.717) is 26.2 Å². The van der Waals surface area contributed by atoms with Gasteiger partial charge in [-0.25, -0.2) is 4.79 Å². The predicted molar refractivity (Wildman–Crippen MR) is 78.1 cm³/mol. The Morgan fingerprint density at radius 1 is 1.14 bits per heavy atom. The highest BCUT2D eigenvalue weighted by molar-refractivity contribution is 5.74. The predicted octanol–water partition coefficient (Wildman–Crippen LogP) is 1.70. The van der Waals surface area contributed by atoms with Crippen molar-refractivity contribution in [2.75, 3.05) is 32.8 Å². The number of amides is 2. The Morgan fingerprint density at radius 3 is 2.48 bits per heavy atom. The standard InChI is InChI=1S/C15H26N2O4/c18-14(19)10-12-4-7-17(8-5-12)15(20)16-6-1-9-21-11-13-2-3-13/h12-13H,1-11H2,(H,16,20)(H,18,19). The monoisotopic (exact) mass is 298 g/mol. The minimum absolute atomic E-state index is 0.0361. The molecular formula is C15H26N2O4. The van der Waals surface area contributed by atoms with Crippen molar-refractivity contribution in [1.29, 1.82) is 0 Å². The van der Waals surface area contributed by atoms with Crippen molar-refractivity contribution in [3.63, 3.8) is 0 Å². The third-order valence-electron chi connectivity index (χ3n) is 4.16. The van der Waals surface area contributed by atoms with Crippen LogP contribution >= 0.6 is 0 Å². The molecule has 0 aromatic rings. The Kier molecular flexibility index (Phi) is 6.29. The van der Waals surface area contributed by atoms with Crippen molar-refractivity contribution >= 4 is 12.0 Å². The number of carbonyl (C=O) groups excluding carboxylic acids is 1. The summed E-state index contributed by atoms with van der Waals surface area (Å²) in [5, 5.41) is 11.7. The van der Waals surface area contributed by atoms with Gasteiger partial charge in [0.05, 0.1) is 0 Å². The number of hydrogen-bond acceptors (Lipinski definition) is 3. The van der Waals surface area contributed by atoms with E-state index >= 15 is 0 Å². The van der Waals surface area contributed by atoms with Crippen LogP contribution in [0.3, 0.4) is 0 Å². The zero-order valence-electron chi connectivity index (χ0n) is 12.6. The van der Waals surface area contributed by atoms with Gasteiger partial charge in [0, 0.05) is 39.3 Å². The van der Waals surface area contributed by atoms with Crippen molar-refractivity contribution in [3.05, 3.63) is 0 Å². The van der Waals surface area contributed by atoms with Crippen LogP contribution in [0.4, 0.5) is 4.79 Å². The largest absolute Gasteiger partial charge is 0.481 e. The normalized spacial score (nSPS) is 19.5. The van der Waals surface area contributed by atoms with E-state index in [0.717, 1.165) is 31.8 Å². The molecular weight excluding hydrogens is 272 g/mol. The summed E-state index contributed by atoms with van der Waals surface area (Å²) in [6.45, 7) is 3.52. The second kappa shape index (κ2) is 8.22. The molecule has 1 aliphatic carbocycles. The lowest BCUT2D eigenvalue weighted by Crippen LogP contribution is -2.45. The number of rotatable bonds is 8. The summed E-state index contributed by atoms with van der Waals surface area (Å²) in [5.41, 5.74) is 0. The number of carboxylic acids is 1. The third kappa shape index (κ3) is 6.33. The molecule has 120 valence electrons. The van der Waals surface area contributed by atoms with Crippen molar-refractivity contribution in [1.82, 2.24) is 10.2 Å². The number of nitrogens with zero attached hydrogens (tertiary/aromatic N) is 1. The van der Waals surface area contributed by atoms with Crippen LogP contribution in [0.2, 0.25) is 0 Å². The molecule has 1 saturated heterocycles. The van der Waals surface area contributed by atoms with Crippen molar-refractivity contribution in [2.24, 2.45) is 11.8 Å². The van der Waals surface area contributed by atoms with Crippen LogP contribution < -0.4 is 5.32 Å². The van der Waals surface area contributed by atoms with Crippen molar-refractivity contribution in [2.45, 2.75) is 38.5 Å². The maximum Gasteiger partial charge on any atom is 0.317 e. The minimum Gasteiger partial charge on any atom is -0.481 e. The van der Waals surface area contributed by atoms with Crippen LogP contribution in [-0.2, 0) is 9.53 Å². The third-order valence-corrected chi connectivity index (χ3v) is 4.16. The Balaban J connectivity index is 1.49. The molecule has 21 heavy (non-hydrogen) atoms. The molecule has 2 rings (SSSR count). The van der Waals surface area contributed by atoms with Gasteiger partial charge in [0.2, 0.25) is 0 Å². The molecule has 0 spiro atoms. The van der Waals surface area contributed by atoms with E-state index < -0.39 is 5.97 Å². The van der Waals surface area contributed by atoms with E-state index in [4.69, 9.17) is 9.84 Å². The van der Waals surface area contributed by atoms with Gasteiger partial charge in [0.25, 0.3) is 0 Å². The molecule has 0 atom stereocenters. The van der Waals surface area contributed by atoms with Gasteiger partial charge >= 0.3 is 12.0 Å². The van der Waals surface area contributed by atoms with Gasteiger partial charge in [-0.15, -0.1) is 0 Å². The summed E-state index contributed by atoms with van der Waals surface area (Å²) < 4.78 is 5.52. The van der Waals surface area contributed by atoms with Crippen LogP contribution in [0.25, 0.3) is 0 Å². The maximum absolute atomic E-state index is 11.9. The van der Waals surface area contributed by atoms with Gasteiger partial charge < -0.3 is 20.1 Å². The lowest BCUT2D eigenvalue weighted by molar-refractivity contribution is -0.138. The minimum atomic E-state index is -0.746. The second-order valence-corrected chi connectivity index (χ2v) is 6.13. The Hall–Kier alpha value is -1.30. The topological polar surface area (TPSA) is 78.9 Å². The number of piperidine rings is 1. The zero-order chi connectivity index (χ0) is 15.1. The van der Waals surface area contributed by atoms with E-state index in [1.807, 2.05) is 0 Å². The molecule has 0 bridgehead atoms. The molecule has 0 radical (unpaired) electrons. The molecule has 0 aromatic carbocycles.